The lowest BCUT2D eigenvalue weighted by molar-refractivity contribution is -0.275. The Morgan fingerprint density at radius 3 is 2.24 bits per heavy atom. The minimum absolute atomic E-state index is 0.120. The van der Waals surface area contributed by atoms with Crippen LogP contribution >= 0.6 is 0 Å². The lowest BCUT2D eigenvalue weighted by Gasteiger charge is -2.14. The number of nitrogens with one attached hydrogen (secondary N) is 1. The molecule has 0 bridgehead atoms. The number of rotatable bonds is 3. The Morgan fingerprint density at radius 1 is 1.24 bits per heavy atom. The number of pyridine rings is 1. The average molecular weight is 319 g/mol. The largest absolute Gasteiger partial charge is 0.573 e. The van der Waals surface area contributed by atoms with Gasteiger partial charge < -0.3 is 14.5 Å². The molecule has 0 aliphatic heterocycles. The molecule has 0 saturated heterocycles. The first-order valence-electron chi connectivity index (χ1n) is 5.10. The van der Waals surface area contributed by atoms with Gasteiger partial charge in [-0.1, -0.05) is 0 Å². The molecule has 0 saturated carbocycles. The molecule has 0 unspecified atom stereocenters. The van der Waals surface area contributed by atoms with Gasteiger partial charge >= 0.3 is 18.5 Å². The first-order valence-corrected chi connectivity index (χ1v) is 5.10. The number of esters is 1. The van der Waals surface area contributed by atoms with E-state index in [1.54, 1.807) is 0 Å². The molecule has 0 aliphatic carbocycles. The van der Waals surface area contributed by atoms with E-state index in [9.17, 15) is 35.9 Å². The quantitative estimate of drug-likeness (QED) is 0.683. The number of carbonyl (C=O) groups is 1. The van der Waals surface area contributed by atoms with Gasteiger partial charge in [-0.15, -0.1) is 13.2 Å². The highest BCUT2D eigenvalue weighted by Gasteiger charge is 2.38. The Bertz CT molecular complexity index is 589. The summed E-state index contributed by atoms with van der Waals surface area (Å²) in [4.78, 5) is 23.7. The molecular formula is C10H7F6NO4. The van der Waals surface area contributed by atoms with E-state index >= 15 is 0 Å². The van der Waals surface area contributed by atoms with Crippen LogP contribution in [0.5, 0.6) is 5.75 Å². The van der Waals surface area contributed by atoms with Crippen molar-refractivity contribution in [2.75, 3.05) is 7.11 Å². The standard InChI is InChI=1S/C10H7F6NO4/c1-20-7(18)3-5-6(21-10(14,15)16)2-4(8(19)17-5)9(11,12)13/h2H,3H2,1H3,(H,17,19). The van der Waals surface area contributed by atoms with Crippen molar-refractivity contribution in [1.82, 2.24) is 4.98 Å². The van der Waals surface area contributed by atoms with E-state index in [1.807, 2.05) is 0 Å². The van der Waals surface area contributed by atoms with E-state index in [1.165, 1.54) is 4.98 Å². The molecule has 0 fully saturated rings. The number of aromatic amines is 1. The molecule has 5 nitrogen and oxygen atoms in total. The summed E-state index contributed by atoms with van der Waals surface area (Å²) in [5.74, 6) is -2.41. The third-order valence-electron chi connectivity index (χ3n) is 2.16. The Kier molecular flexibility index (Phi) is 4.54. The van der Waals surface area contributed by atoms with E-state index in [0.717, 1.165) is 7.11 Å². The van der Waals surface area contributed by atoms with Crippen molar-refractivity contribution < 1.29 is 40.6 Å². The lowest BCUT2D eigenvalue weighted by atomic mass is 10.2. The molecule has 1 rings (SSSR count). The summed E-state index contributed by atoms with van der Waals surface area (Å²) >= 11 is 0. The van der Waals surface area contributed by atoms with Crippen molar-refractivity contribution in [3.63, 3.8) is 0 Å². The van der Waals surface area contributed by atoms with Crippen LogP contribution in [0.25, 0.3) is 0 Å². The van der Waals surface area contributed by atoms with E-state index in [2.05, 4.69) is 9.47 Å². The van der Waals surface area contributed by atoms with Crippen LogP contribution in [0.1, 0.15) is 11.3 Å². The monoisotopic (exact) mass is 319 g/mol. The van der Waals surface area contributed by atoms with Gasteiger partial charge in [0.05, 0.1) is 19.2 Å². The number of hydrogen-bond acceptors (Lipinski definition) is 4. The summed E-state index contributed by atoms with van der Waals surface area (Å²) in [5, 5.41) is 0. The third-order valence-corrected chi connectivity index (χ3v) is 2.16. The number of methoxy groups -OCH3 is 1. The predicted molar refractivity (Wildman–Crippen MR) is 54.5 cm³/mol. The van der Waals surface area contributed by atoms with Gasteiger partial charge in [-0.3, -0.25) is 9.59 Å². The zero-order valence-electron chi connectivity index (χ0n) is 10.2. The highest BCUT2D eigenvalue weighted by Crippen LogP contribution is 2.32. The summed E-state index contributed by atoms with van der Waals surface area (Å²) in [6, 6.07) is -0.120. The Morgan fingerprint density at radius 2 is 1.81 bits per heavy atom. The number of halogens is 6. The van der Waals surface area contributed by atoms with Gasteiger partial charge in [-0.25, -0.2) is 0 Å². The van der Waals surface area contributed by atoms with Crippen molar-refractivity contribution in [2.45, 2.75) is 19.0 Å². The summed E-state index contributed by atoms with van der Waals surface area (Å²) in [6.07, 6.45) is -11.4. The fraction of sp³-hybridized carbons (Fsp3) is 0.400. The summed E-state index contributed by atoms with van der Waals surface area (Å²) < 4.78 is 81.4. The van der Waals surface area contributed by atoms with Crippen LogP contribution in [-0.4, -0.2) is 24.4 Å². The van der Waals surface area contributed by atoms with Crippen LogP contribution in [-0.2, 0) is 22.1 Å². The maximum absolute atomic E-state index is 12.5. The van der Waals surface area contributed by atoms with E-state index in [-0.39, 0.29) is 6.07 Å². The summed E-state index contributed by atoms with van der Waals surface area (Å²) in [7, 11) is 0.912. The minimum atomic E-state index is -5.30. The Balaban J connectivity index is 3.39. The van der Waals surface area contributed by atoms with Gasteiger partial charge in [0.15, 0.2) is 0 Å². The second-order valence-electron chi connectivity index (χ2n) is 3.65. The van der Waals surface area contributed by atoms with Crippen LogP contribution < -0.4 is 10.3 Å². The van der Waals surface area contributed by atoms with Gasteiger partial charge in [-0.2, -0.15) is 13.2 Å². The summed E-state index contributed by atoms with van der Waals surface area (Å²) in [6.45, 7) is 0. The van der Waals surface area contributed by atoms with Gasteiger partial charge in [0, 0.05) is 6.07 Å². The number of carbonyl (C=O) groups excluding carboxylic acids is 1. The normalized spacial score (nSPS) is 12.1. The highest BCUT2D eigenvalue weighted by atomic mass is 19.4. The molecule has 0 amide bonds. The average Bonchev–Trinajstić information content (AvgIpc) is 2.29. The van der Waals surface area contributed by atoms with Gasteiger partial charge in [0.1, 0.15) is 11.3 Å². The fourth-order valence-electron chi connectivity index (χ4n) is 1.32. The maximum atomic E-state index is 12.5. The molecule has 21 heavy (non-hydrogen) atoms. The molecule has 0 atom stereocenters. The number of H-pyrrole nitrogens is 1. The van der Waals surface area contributed by atoms with E-state index < -0.39 is 47.5 Å². The Hall–Kier alpha value is -2.20. The van der Waals surface area contributed by atoms with E-state index in [0.29, 0.717) is 0 Å². The zero-order chi connectivity index (χ0) is 16.4. The first kappa shape index (κ1) is 16.9. The van der Waals surface area contributed by atoms with Crippen molar-refractivity contribution in [3.05, 3.63) is 27.7 Å². The van der Waals surface area contributed by atoms with E-state index in [4.69, 9.17) is 0 Å². The molecule has 0 aliphatic rings. The molecule has 1 heterocycles. The number of hydrogen-bond donors (Lipinski definition) is 1. The van der Waals surface area contributed by atoms with Gasteiger partial charge in [0.25, 0.3) is 5.56 Å². The molecular weight excluding hydrogens is 312 g/mol. The van der Waals surface area contributed by atoms with Crippen molar-refractivity contribution in [1.29, 1.82) is 0 Å². The van der Waals surface area contributed by atoms with Crippen LogP contribution in [0.2, 0.25) is 0 Å². The highest BCUT2D eigenvalue weighted by molar-refractivity contribution is 5.72. The van der Waals surface area contributed by atoms with Crippen molar-refractivity contribution >= 4 is 5.97 Å². The van der Waals surface area contributed by atoms with Crippen molar-refractivity contribution in [2.24, 2.45) is 0 Å². The second kappa shape index (κ2) is 5.66. The molecule has 11 heteroatoms. The van der Waals surface area contributed by atoms with Crippen LogP contribution in [0.3, 0.4) is 0 Å². The third kappa shape index (κ3) is 4.68. The van der Waals surface area contributed by atoms with Crippen LogP contribution in [0.15, 0.2) is 10.9 Å². The minimum Gasteiger partial charge on any atom is -0.469 e. The fourth-order valence-corrected chi connectivity index (χ4v) is 1.32. The smallest absolute Gasteiger partial charge is 0.469 e. The molecule has 1 aromatic rings. The molecule has 0 spiro atoms. The Labute approximate surface area is 112 Å². The SMILES string of the molecule is COC(=O)Cc1[nH]c(=O)c(C(F)(F)F)cc1OC(F)(F)F. The van der Waals surface area contributed by atoms with Crippen LogP contribution in [0, 0.1) is 0 Å². The number of ether oxygens (including phenoxy) is 2. The van der Waals surface area contributed by atoms with Crippen LogP contribution in [0.4, 0.5) is 26.3 Å². The topological polar surface area (TPSA) is 68.4 Å². The van der Waals surface area contributed by atoms with Gasteiger partial charge in [0.2, 0.25) is 0 Å². The maximum Gasteiger partial charge on any atom is 0.573 e. The molecule has 1 aromatic heterocycles. The lowest BCUT2D eigenvalue weighted by Crippen LogP contribution is -2.26. The first-order chi connectivity index (χ1) is 9.44. The zero-order valence-corrected chi connectivity index (χ0v) is 10.2. The van der Waals surface area contributed by atoms with Gasteiger partial charge in [-0.05, 0) is 0 Å². The van der Waals surface area contributed by atoms with Crippen molar-refractivity contribution in [3.8, 4) is 5.75 Å². The predicted octanol–water partition coefficient (Wildman–Crippen LogP) is 2.01. The second-order valence-corrected chi connectivity index (χ2v) is 3.65. The molecule has 118 valence electrons. The molecule has 0 radical (unpaired) electrons. The number of aromatic nitrogens is 1. The molecule has 0 aromatic carbocycles. The summed E-state index contributed by atoms with van der Waals surface area (Å²) in [5.41, 5.74) is -4.36. The number of alkyl halides is 6. The molecule has 1 N–H and O–H groups in total.